The van der Waals surface area contributed by atoms with E-state index in [4.69, 9.17) is 22.1 Å². The maximum atomic E-state index is 6.31. The number of hydrogen-bond acceptors (Lipinski definition) is 3. The number of nitrogens with two attached hydrogens (primary N) is 1. The van der Waals surface area contributed by atoms with Crippen molar-refractivity contribution in [1.29, 1.82) is 0 Å². The number of rotatable bonds is 2. The summed E-state index contributed by atoms with van der Waals surface area (Å²) in [6.45, 7) is 2.00. The van der Waals surface area contributed by atoms with E-state index in [1.807, 2.05) is 35.7 Å². The van der Waals surface area contributed by atoms with E-state index in [2.05, 4.69) is 20.9 Å². The molecule has 0 bridgehead atoms. The van der Waals surface area contributed by atoms with E-state index >= 15 is 0 Å². The summed E-state index contributed by atoms with van der Waals surface area (Å²) in [7, 11) is 1.60. The molecule has 0 unspecified atom stereocenters. The van der Waals surface area contributed by atoms with Crippen LogP contribution in [0.5, 0.6) is 5.75 Å². The van der Waals surface area contributed by atoms with Gasteiger partial charge in [-0.15, -0.1) is 0 Å². The van der Waals surface area contributed by atoms with E-state index in [1.54, 1.807) is 13.2 Å². The highest BCUT2D eigenvalue weighted by Gasteiger charge is 2.18. The van der Waals surface area contributed by atoms with Crippen LogP contribution < -0.4 is 10.5 Å². The number of aryl methyl sites for hydroxylation is 1. The predicted molar refractivity (Wildman–Crippen MR) is 89.0 cm³/mol. The summed E-state index contributed by atoms with van der Waals surface area (Å²) in [5.41, 5.74) is 9.43. The molecule has 0 saturated carbocycles. The molecular weight excluding hydrogens is 354 g/mol. The van der Waals surface area contributed by atoms with Crippen LogP contribution >= 0.6 is 27.5 Å². The van der Waals surface area contributed by atoms with Gasteiger partial charge >= 0.3 is 0 Å². The largest absolute Gasteiger partial charge is 0.496 e. The lowest BCUT2D eigenvalue weighted by Crippen LogP contribution is -1.96. The van der Waals surface area contributed by atoms with Crippen molar-refractivity contribution >= 4 is 39.0 Å². The number of fused-ring (bicyclic) bond motifs is 1. The van der Waals surface area contributed by atoms with Gasteiger partial charge in [-0.2, -0.15) is 0 Å². The Balaban J connectivity index is 2.34. The minimum atomic E-state index is 0.525. The van der Waals surface area contributed by atoms with Gasteiger partial charge in [0.25, 0.3) is 0 Å². The number of methoxy groups -OCH3 is 1. The Morgan fingerprint density at radius 1 is 1.38 bits per heavy atom. The molecule has 1 aromatic carbocycles. The molecule has 2 aromatic heterocycles. The second-order valence-electron chi connectivity index (χ2n) is 4.70. The smallest absolute Gasteiger partial charge is 0.139 e. The number of benzene rings is 1. The van der Waals surface area contributed by atoms with Gasteiger partial charge < -0.3 is 10.5 Å². The summed E-state index contributed by atoms with van der Waals surface area (Å²) in [6, 6.07) is 7.43. The van der Waals surface area contributed by atoms with Crippen molar-refractivity contribution in [3.05, 3.63) is 45.5 Å². The van der Waals surface area contributed by atoms with E-state index in [-0.39, 0.29) is 0 Å². The lowest BCUT2D eigenvalue weighted by molar-refractivity contribution is 0.416. The fraction of sp³-hybridized carbons (Fsp3) is 0.133. The average Bonchev–Trinajstić information content (AvgIpc) is 2.76. The van der Waals surface area contributed by atoms with Gasteiger partial charge in [-0.25, -0.2) is 4.98 Å². The second kappa shape index (κ2) is 5.24. The number of anilines is 1. The molecule has 21 heavy (non-hydrogen) atoms. The number of imidazole rings is 1. The maximum Gasteiger partial charge on any atom is 0.139 e. The average molecular weight is 367 g/mol. The highest BCUT2D eigenvalue weighted by Crippen LogP contribution is 2.39. The molecule has 0 aliphatic heterocycles. The van der Waals surface area contributed by atoms with Crippen molar-refractivity contribution < 1.29 is 4.74 Å². The minimum Gasteiger partial charge on any atom is -0.496 e. The molecule has 3 aromatic rings. The fourth-order valence-corrected chi connectivity index (χ4v) is 2.84. The number of aromatic nitrogens is 2. The highest BCUT2D eigenvalue weighted by atomic mass is 79.9. The van der Waals surface area contributed by atoms with Crippen LogP contribution in [0.15, 0.2) is 34.9 Å². The van der Waals surface area contributed by atoms with Crippen LogP contribution in [-0.4, -0.2) is 16.5 Å². The molecular formula is C15H13BrClN3O. The van der Waals surface area contributed by atoms with Crippen molar-refractivity contribution in [2.45, 2.75) is 6.92 Å². The number of hydrogen-bond donors (Lipinski definition) is 1. The van der Waals surface area contributed by atoms with E-state index < -0.39 is 0 Å². The molecule has 0 atom stereocenters. The summed E-state index contributed by atoms with van der Waals surface area (Å²) in [4.78, 5) is 4.61. The molecule has 4 nitrogen and oxygen atoms in total. The van der Waals surface area contributed by atoms with E-state index in [0.717, 1.165) is 15.7 Å². The lowest BCUT2D eigenvalue weighted by Gasteiger charge is -2.08. The Labute approximate surface area is 135 Å². The molecule has 2 heterocycles. The van der Waals surface area contributed by atoms with E-state index in [1.165, 1.54) is 0 Å². The van der Waals surface area contributed by atoms with Crippen LogP contribution in [0.3, 0.4) is 0 Å². The lowest BCUT2D eigenvalue weighted by atomic mass is 10.1. The zero-order chi connectivity index (χ0) is 15.1. The first-order chi connectivity index (χ1) is 10.0. The third-order valence-electron chi connectivity index (χ3n) is 3.37. The summed E-state index contributed by atoms with van der Waals surface area (Å²) in [5, 5.41) is 0.556. The van der Waals surface area contributed by atoms with Gasteiger partial charge in [-0.1, -0.05) is 17.7 Å². The zero-order valence-electron chi connectivity index (χ0n) is 11.5. The van der Waals surface area contributed by atoms with Crippen molar-refractivity contribution in [2.24, 2.45) is 0 Å². The number of pyridine rings is 1. The van der Waals surface area contributed by atoms with Crippen LogP contribution in [-0.2, 0) is 0 Å². The van der Waals surface area contributed by atoms with Gasteiger partial charge in [0, 0.05) is 10.7 Å². The fourth-order valence-electron chi connectivity index (χ4n) is 2.27. The first-order valence-electron chi connectivity index (χ1n) is 6.29. The van der Waals surface area contributed by atoms with E-state index in [0.29, 0.717) is 27.8 Å². The van der Waals surface area contributed by atoms with Gasteiger partial charge in [0.2, 0.25) is 0 Å². The molecule has 0 aliphatic carbocycles. The summed E-state index contributed by atoms with van der Waals surface area (Å²) in [5.74, 6) is 1.17. The zero-order valence-corrected chi connectivity index (χ0v) is 13.9. The molecule has 108 valence electrons. The summed E-state index contributed by atoms with van der Waals surface area (Å²) in [6.07, 6.45) is 1.90. The Kier molecular flexibility index (Phi) is 3.55. The Hall–Kier alpha value is -1.72. The topological polar surface area (TPSA) is 52.5 Å². The van der Waals surface area contributed by atoms with Crippen LogP contribution in [0, 0.1) is 6.92 Å². The molecule has 0 aliphatic rings. The molecule has 0 fully saturated rings. The van der Waals surface area contributed by atoms with Gasteiger partial charge in [-0.05, 0) is 46.6 Å². The first kappa shape index (κ1) is 14.2. The van der Waals surface area contributed by atoms with Crippen molar-refractivity contribution in [1.82, 2.24) is 9.38 Å². The van der Waals surface area contributed by atoms with Gasteiger partial charge in [0.05, 0.1) is 17.7 Å². The predicted octanol–water partition coefficient (Wildman–Crippen LogP) is 4.32. The van der Waals surface area contributed by atoms with Gasteiger partial charge in [0.15, 0.2) is 0 Å². The SMILES string of the molecule is COc1cccc(Cl)c1-c1nc2cc(C)c(Br)cn2c1N. The van der Waals surface area contributed by atoms with Crippen LogP contribution in [0.4, 0.5) is 5.82 Å². The Morgan fingerprint density at radius 2 is 2.14 bits per heavy atom. The quantitative estimate of drug-likeness (QED) is 0.735. The molecule has 2 N–H and O–H groups in total. The normalized spacial score (nSPS) is 11.0. The van der Waals surface area contributed by atoms with Gasteiger partial charge in [0.1, 0.15) is 22.9 Å². The molecule has 0 amide bonds. The van der Waals surface area contributed by atoms with Crippen molar-refractivity contribution in [3.63, 3.8) is 0 Å². The third kappa shape index (κ3) is 2.26. The van der Waals surface area contributed by atoms with Crippen LogP contribution in [0.25, 0.3) is 16.9 Å². The third-order valence-corrected chi connectivity index (χ3v) is 4.52. The van der Waals surface area contributed by atoms with E-state index in [9.17, 15) is 0 Å². The summed E-state index contributed by atoms with van der Waals surface area (Å²) < 4.78 is 8.18. The number of ether oxygens (including phenoxy) is 1. The number of nitrogen functional groups attached to an aromatic ring is 1. The van der Waals surface area contributed by atoms with Crippen LogP contribution in [0.2, 0.25) is 5.02 Å². The summed E-state index contributed by atoms with van der Waals surface area (Å²) >= 11 is 9.81. The molecule has 0 saturated heterocycles. The maximum absolute atomic E-state index is 6.31. The van der Waals surface area contributed by atoms with Crippen LogP contribution in [0.1, 0.15) is 5.56 Å². The minimum absolute atomic E-state index is 0.525. The molecule has 3 rings (SSSR count). The Bertz CT molecular complexity index is 845. The molecule has 0 radical (unpaired) electrons. The highest BCUT2D eigenvalue weighted by molar-refractivity contribution is 9.10. The second-order valence-corrected chi connectivity index (χ2v) is 5.96. The van der Waals surface area contributed by atoms with Crippen molar-refractivity contribution in [3.8, 4) is 17.0 Å². The Morgan fingerprint density at radius 3 is 2.86 bits per heavy atom. The first-order valence-corrected chi connectivity index (χ1v) is 7.46. The number of halogens is 2. The standard InChI is InChI=1S/C15H13BrClN3O/c1-8-6-12-19-14(15(18)20(12)7-9(8)16)13-10(17)4-3-5-11(13)21-2/h3-7H,18H2,1-2H3. The number of nitrogens with zero attached hydrogens (tertiary/aromatic N) is 2. The monoisotopic (exact) mass is 365 g/mol. The molecule has 6 heteroatoms. The molecule has 0 spiro atoms. The van der Waals surface area contributed by atoms with Crippen molar-refractivity contribution in [2.75, 3.05) is 12.8 Å². The van der Waals surface area contributed by atoms with Gasteiger partial charge in [-0.3, -0.25) is 4.40 Å².